The van der Waals surface area contributed by atoms with E-state index in [2.05, 4.69) is 0 Å². The van der Waals surface area contributed by atoms with E-state index in [1.165, 1.54) is 4.72 Å². The highest BCUT2D eigenvalue weighted by molar-refractivity contribution is 8.61. The van der Waals surface area contributed by atoms with Crippen molar-refractivity contribution in [2.75, 3.05) is 0 Å². The van der Waals surface area contributed by atoms with Crippen LogP contribution in [-0.4, -0.2) is 28.0 Å². The molecule has 0 aliphatic heterocycles. The van der Waals surface area contributed by atoms with Gasteiger partial charge in [0.05, 0.1) is 10.1 Å². The van der Waals surface area contributed by atoms with Crippen LogP contribution < -0.4 is 4.72 Å². The molecule has 0 aromatic heterocycles. The number of hydrogen-bond donors (Lipinski definition) is 2. The van der Waals surface area contributed by atoms with E-state index >= 15 is 0 Å². The maximum atomic E-state index is 10.5. The first-order chi connectivity index (χ1) is 4.65. The van der Waals surface area contributed by atoms with Crippen molar-refractivity contribution in [1.29, 1.82) is 0 Å². The Kier molecular flexibility index (Phi) is 3.15. The molecular weight excluding hydrogens is 194 g/mol. The minimum atomic E-state index is -4.44. The molecule has 0 rings (SSSR count). The summed E-state index contributed by atoms with van der Waals surface area (Å²) in [5.41, 5.74) is -1.76. The van der Waals surface area contributed by atoms with Crippen molar-refractivity contribution in [2.45, 2.75) is 19.6 Å². The molecule has 0 saturated carbocycles. The molecule has 6 nitrogen and oxygen atoms in total. The summed E-state index contributed by atoms with van der Waals surface area (Å²) >= 11 is 0. The van der Waals surface area contributed by atoms with E-state index in [4.69, 9.17) is 5.11 Å². The van der Waals surface area contributed by atoms with E-state index in [0.717, 1.165) is 13.8 Å². The predicted molar refractivity (Wildman–Crippen MR) is 37.3 cm³/mol. The number of aliphatic hydroxyl groups is 1. The van der Waals surface area contributed by atoms with Crippen molar-refractivity contribution in [3.63, 3.8) is 0 Å². The summed E-state index contributed by atoms with van der Waals surface area (Å²) in [5, 5.41) is 8.84. The topological polar surface area (TPSA) is 107 Å². The van der Waals surface area contributed by atoms with Crippen LogP contribution in [0.15, 0.2) is 0 Å². The van der Waals surface area contributed by atoms with Crippen molar-refractivity contribution in [3.8, 4) is 0 Å². The Morgan fingerprint density at radius 2 is 1.91 bits per heavy atom. The Bertz CT molecular complexity index is 249. The summed E-state index contributed by atoms with van der Waals surface area (Å²) in [6.07, 6.45) is 0. The third kappa shape index (κ3) is 4.43. The van der Waals surface area contributed by atoms with E-state index in [9.17, 15) is 17.2 Å². The lowest BCUT2D eigenvalue weighted by molar-refractivity contribution is 0.0696. The van der Waals surface area contributed by atoms with Crippen LogP contribution in [0.1, 0.15) is 13.8 Å². The fourth-order valence-corrected chi connectivity index (χ4v) is 1.84. The molecule has 1 atom stereocenters. The van der Waals surface area contributed by atoms with E-state index in [1.54, 1.807) is 0 Å². The van der Waals surface area contributed by atoms with Gasteiger partial charge in [-0.2, -0.15) is 13.1 Å². The Labute approximate surface area is 66.4 Å². The lowest BCUT2D eigenvalue weighted by Crippen LogP contribution is -2.44. The van der Waals surface area contributed by atoms with Gasteiger partial charge in [0.15, 0.2) is 0 Å². The zero-order chi connectivity index (χ0) is 9.28. The average molecular weight is 202 g/mol. The zero-order valence-corrected chi connectivity index (χ0v) is 7.53. The minimum Gasteiger partial charge on any atom is -0.759 e. The third-order valence-electron chi connectivity index (χ3n) is 0.554. The average Bonchev–Trinajstić information content (AvgIpc) is 1.56. The SMILES string of the molecule is CC(C)(O)NS(=O)(=O)S(=O)[O-]. The maximum absolute atomic E-state index is 10.5. The van der Waals surface area contributed by atoms with E-state index in [1.807, 2.05) is 0 Å². The van der Waals surface area contributed by atoms with Gasteiger partial charge in [-0.1, -0.05) is 0 Å². The standard InChI is InChI=1S/C3H9NO5S2/c1-3(2,5)4-11(8,9)10(6)7/h4-5H,1-2H3,(H,6,7)/p-1. The molecule has 0 amide bonds. The molecule has 0 aromatic rings. The summed E-state index contributed by atoms with van der Waals surface area (Å²) in [6, 6.07) is 0. The van der Waals surface area contributed by atoms with Crippen molar-refractivity contribution >= 4 is 19.2 Å². The van der Waals surface area contributed by atoms with Crippen LogP contribution in [0, 0.1) is 0 Å². The van der Waals surface area contributed by atoms with Gasteiger partial charge in [-0.25, -0.2) is 0 Å². The third-order valence-corrected chi connectivity index (χ3v) is 2.99. The van der Waals surface area contributed by atoms with Crippen molar-refractivity contribution in [2.24, 2.45) is 0 Å². The molecule has 0 heterocycles. The monoisotopic (exact) mass is 202 g/mol. The highest BCUT2D eigenvalue weighted by Crippen LogP contribution is 2.00. The summed E-state index contributed by atoms with van der Waals surface area (Å²) in [5.74, 6) is 0. The number of hydrogen-bond acceptors (Lipinski definition) is 5. The molecule has 8 heteroatoms. The van der Waals surface area contributed by atoms with Gasteiger partial charge in [0.2, 0.25) is 0 Å². The fraction of sp³-hybridized carbons (Fsp3) is 1.00. The molecule has 0 aromatic carbocycles. The Morgan fingerprint density at radius 1 is 1.55 bits per heavy atom. The van der Waals surface area contributed by atoms with E-state index in [0.29, 0.717) is 0 Å². The van der Waals surface area contributed by atoms with Crippen LogP contribution in [0.3, 0.4) is 0 Å². The molecule has 0 radical (unpaired) electrons. The van der Waals surface area contributed by atoms with Crippen molar-refractivity contribution < 1.29 is 22.3 Å². The summed E-state index contributed by atoms with van der Waals surface area (Å²) in [7, 11) is -7.71. The Morgan fingerprint density at radius 3 is 2.00 bits per heavy atom. The lowest BCUT2D eigenvalue weighted by Gasteiger charge is -2.19. The van der Waals surface area contributed by atoms with Crippen LogP contribution in [0.4, 0.5) is 0 Å². The summed E-state index contributed by atoms with van der Waals surface area (Å²) in [6.45, 7) is 2.22. The molecule has 0 aliphatic carbocycles. The molecule has 0 saturated heterocycles. The van der Waals surface area contributed by atoms with Gasteiger partial charge >= 0.3 is 0 Å². The molecule has 11 heavy (non-hydrogen) atoms. The first kappa shape index (κ1) is 11.0. The first-order valence-electron chi connectivity index (χ1n) is 2.51. The second-order valence-corrected chi connectivity index (χ2v) is 5.97. The van der Waals surface area contributed by atoms with Gasteiger partial charge < -0.3 is 9.66 Å². The highest BCUT2D eigenvalue weighted by Gasteiger charge is 2.21. The molecular formula is C3H8NO5S2-. The van der Waals surface area contributed by atoms with Crippen LogP contribution in [-0.2, 0) is 19.2 Å². The largest absolute Gasteiger partial charge is 0.759 e. The summed E-state index contributed by atoms with van der Waals surface area (Å²) < 4.78 is 42.3. The molecule has 0 aliphatic rings. The molecule has 68 valence electrons. The molecule has 2 N–H and O–H groups in total. The zero-order valence-electron chi connectivity index (χ0n) is 5.90. The van der Waals surface area contributed by atoms with Gasteiger partial charge in [-0.05, 0) is 13.8 Å². The lowest BCUT2D eigenvalue weighted by atomic mass is 10.4. The second kappa shape index (κ2) is 3.15. The van der Waals surface area contributed by atoms with Crippen LogP contribution >= 0.6 is 0 Å². The molecule has 0 fully saturated rings. The van der Waals surface area contributed by atoms with Crippen molar-refractivity contribution in [1.82, 2.24) is 4.72 Å². The Balaban J connectivity index is 4.53. The smallest absolute Gasteiger partial charge is 0.282 e. The number of nitrogens with one attached hydrogen (secondary N) is 1. The fourth-order valence-electron chi connectivity index (χ4n) is 0.340. The van der Waals surface area contributed by atoms with E-state index in [-0.39, 0.29) is 0 Å². The predicted octanol–water partition coefficient (Wildman–Crippen LogP) is -1.57. The van der Waals surface area contributed by atoms with Crippen LogP contribution in [0.25, 0.3) is 0 Å². The highest BCUT2D eigenvalue weighted by atomic mass is 33.2. The van der Waals surface area contributed by atoms with Gasteiger partial charge in [-0.15, -0.1) is 0 Å². The van der Waals surface area contributed by atoms with E-state index < -0.39 is 24.9 Å². The van der Waals surface area contributed by atoms with Gasteiger partial charge in [0, 0.05) is 0 Å². The van der Waals surface area contributed by atoms with Crippen LogP contribution in [0.2, 0.25) is 0 Å². The molecule has 0 bridgehead atoms. The van der Waals surface area contributed by atoms with Crippen LogP contribution in [0.5, 0.6) is 0 Å². The quantitative estimate of drug-likeness (QED) is 0.326. The maximum Gasteiger partial charge on any atom is 0.282 e. The molecule has 1 unspecified atom stereocenters. The Hall–Kier alpha value is -0.0200. The van der Waals surface area contributed by atoms with Gasteiger partial charge in [0.1, 0.15) is 5.72 Å². The van der Waals surface area contributed by atoms with Gasteiger partial charge in [-0.3, -0.25) is 4.21 Å². The number of rotatable bonds is 3. The molecule has 0 spiro atoms. The minimum absolute atomic E-state index is 1.11. The first-order valence-corrected chi connectivity index (χ1v) is 5.59. The second-order valence-electron chi connectivity index (χ2n) is 2.32. The summed E-state index contributed by atoms with van der Waals surface area (Å²) in [4.78, 5) is 0. The van der Waals surface area contributed by atoms with Crippen molar-refractivity contribution in [3.05, 3.63) is 0 Å². The van der Waals surface area contributed by atoms with Gasteiger partial charge in [0.25, 0.3) is 9.06 Å². The normalized spacial score (nSPS) is 16.4.